The highest BCUT2D eigenvalue weighted by Gasteiger charge is 2.26. The number of benzene rings is 1. The van der Waals surface area contributed by atoms with Crippen LogP contribution in [0.2, 0.25) is 0 Å². The smallest absolute Gasteiger partial charge is 0.410 e. The molecule has 0 aromatic heterocycles. The highest BCUT2D eigenvalue weighted by Crippen LogP contribution is 2.21. The topological polar surface area (TPSA) is 91.5 Å². The molecule has 1 aromatic carbocycles. The van der Waals surface area contributed by atoms with Gasteiger partial charge < -0.3 is 25.2 Å². The van der Waals surface area contributed by atoms with E-state index in [0.717, 1.165) is 24.2 Å². The van der Waals surface area contributed by atoms with Crippen molar-refractivity contribution >= 4 is 47.6 Å². The number of nitrogens with two attached hydrogens (primary N) is 1. The molecule has 9 heteroatoms. The molecule has 0 atom stereocenters. The van der Waals surface area contributed by atoms with Crippen LogP contribution in [-0.4, -0.2) is 66.1 Å². The fourth-order valence-electron chi connectivity index (χ4n) is 3.42. The number of carbonyl (C=O) groups is 2. The van der Waals surface area contributed by atoms with Crippen LogP contribution < -0.4 is 10.6 Å². The molecule has 0 unspecified atom stereocenters. The number of hydrogen-bond acceptors (Lipinski definition) is 4. The Bertz CT molecular complexity index is 768. The Hall–Kier alpha value is -2.04. The van der Waals surface area contributed by atoms with Crippen LogP contribution in [-0.2, 0) is 16.1 Å². The van der Waals surface area contributed by atoms with E-state index in [1.807, 2.05) is 54.8 Å². The highest BCUT2D eigenvalue weighted by molar-refractivity contribution is 14.0. The average molecular weight is 529 g/mol. The quantitative estimate of drug-likeness (QED) is 0.370. The molecule has 1 aromatic rings. The maximum atomic E-state index is 12.1. The summed E-state index contributed by atoms with van der Waals surface area (Å²) in [6, 6.07) is 7.89. The van der Waals surface area contributed by atoms with Crippen LogP contribution in [0, 0.1) is 0 Å². The summed E-state index contributed by atoms with van der Waals surface area (Å²) in [7, 11) is 0. The first-order valence-corrected chi connectivity index (χ1v) is 10.1. The van der Waals surface area contributed by atoms with E-state index in [0.29, 0.717) is 45.1 Å². The van der Waals surface area contributed by atoms with E-state index in [2.05, 4.69) is 4.99 Å². The molecule has 0 saturated carbocycles. The molecule has 2 amide bonds. The minimum absolute atomic E-state index is 0. The number of hydrogen-bond donors (Lipinski definition) is 1. The van der Waals surface area contributed by atoms with Crippen molar-refractivity contribution in [1.29, 1.82) is 0 Å². The summed E-state index contributed by atoms with van der Waals surface area (Å²) in [5.41, 5.74) is 7.64. The van der Waals surface area contributed by atoms with Gasteiger partial charge in [0.05, 0.1) is 6.54 Å². The molecule has 2 aliphatic rings. The molecule has 2 saturated heterocycles. The van der Waals surface area contributed by atoms with Crippen LogP contribution in [0.1, 0.15) is 39.2 Å². The Balaban J connectivity index is 0.00000320. The van der Waals surface area contributed by atoms with Crippen LogP contribution in [0.25, 0.3) is 0 Å². The van der Waals surface area contributed by atoms with Gasteiger partial charge in [0.1, 0.15) is 5.60 Å². The Morgan fingerprint density at radius 1 is 1.07 bits per heavy atom. The van der Waals surface area contributed by atoms with Crippen molar-refractivity contribution in [1.82, 2.24) is 9.80 Å². The zero-order valence-electron chi connectivity index (χ0n) is 18.0. The van der Waals surface area contributed by atoms with E-state index in [9.17, 15) is 9.59 Å². The third kappa shape index (κ3) is 6.48. The second-order valence-electron chi connectivity index (χ2n) is 8.44. The lowest BCUT2D eigenvalue weighted by Gasteiger charge is -2.36. The Morgan fingerprint density at radius 3 is 2.20 bits per heavy atom. The van der Waals surface area contributed by atoms with Gasteiger partial charge in [0.15, 0.2) is 5.96 Å². The predicted molar refractivity (Wildman–Crippen MR) is 128 cm³/mol. The lowest BCUT2D eigenvalue weighted by molar-refractivity contribution is -0.117. The molecule has 2 N–H and O–H groups in total. The van der Waals surface area contributed by atoms with E-state index < -0.39 is 5.60 Å². The summed E-state index contributed by atoms with van der Waals surface area (Å²) in [6.45, 7) is 9.23. The molecule has 0 aliphatic carbocycles. The van der Waals surface area contributed by atoms with Crippen LogP contribution in [0.3, 0.4) is 0 Å². The first-order chi connectivity index (χ1) is 13.7. The predicted octanol–water partition coefficient (Wildman–Crippen LogP) is 2.80. The molecular formula is C21H32IN5O3. The molecular weight excluding hydrogens is 497 g/mol. The fourth-order valence-corrected chi connectivity index (χ4v) is 3.42. The van der Waals surface area contributed by atoms with Crippen LogP contribution >= 0.6 is 24.0 Å². The van der Waals surface area contributed by atoms with Crippen molar-refractivity contribution < 1.29 is 14.3 Å². The molecule has 2 fully saturated rings. The Labute approximate surface area is 195 Å². The average Bonchev–Trinajstić information content (AvgIpc) is 3.11. The number of ether oxygens (including phenoxy) is 1. The fraction of sp³-hybridized carbons (Fsp3) is 0.571. The first-order valence-electron chi connectivity index (χ1n) is 10.1. The van der Waals surface area contributed by atoms with Crippen LogP contribution in [0.4, 0.5) is 10.5 Å². The van der Waals surface area contributed by atoms with Gasteiger partial charge in [-0.25, -0.2) is 9.79 Å². The maximum Gasteiger partial charge on any atom is 0.410 e. The van der Waals surface area contributed by atoms with Crippen molar-refractivity contribution in [3.05, 3.63) is 29.8 Å². The van der Waals surface area contributed by atoms with Crippen LogP contribution in [0.15, 0.2) is 29.3 Å². The maximum absolute atomic E-state index is 12.1. The molecule has 0 spiro atoms. The molecule has 2 heterocycles. The molecule has 3 rings (SSSR count). The first kappa shape index (κ1) is 24.2. The van der Waals surface area contributed by atoms with Crippen molar-refractivity contribution in [3.8, 4) is 0 Å². The summed E-state index contributed by atoms with van der Waals surface area (Å²) in [5.74, 6) is 0.665. The summed E-state index contributed by atoms with van der Waals surface area (Å²) in [5, 5.41) is 0. The minimum Gasteiger partial charge on any atom is -0.444 e. The standard InChI is InChI=1S/C21H31N5O3.HI/c1-21(2,3)29-20(28)25-13-11-24(12-14-25)19(22)23-15-16-6-8-17(9-7-16)26-10-4-5-18(26)27;/h6-9H,4-5,10-15H2,1-3H3,(H2,22,23);1H. The zero-order valence-corrected chi connectivity index (χ0v) is 20.3. The van der Waals surface area contributed by atoms with Gasteiger partial charge in [-0.3, -0.25) is 4.79 Å². The number of amides is 2. The van der Waals surface area contributed by atoms with E-state index in [4.69, 9.17) is 10.5 Å². The van der Waals surface area contributed by atoms with Gasteiger partial charge in [-0.2, -0.15) is 0 Å². The zero-order chi connectivity index (χ0) is 21.0. The molecule has 166 valence electrons. The number of guanidine groups is 1. The van der Waals surface area contributed by atoms with Crippen molar-refractivity contribution in [2.24, 2.45) is 10.7 Å². The number of carbonyl (C=O) groups excluding carboxylic acids is 2. The van der Waals surface area contributed by atoms with E-state index in [1.165, 1.54) is 0 Å². The lowest BCUT2D eigenvalue weighted by atomic mass is 10.2. The molecule has 0 radical (unpaired) electrons. The van der Waals surface area contributed by atoms with Crippen molar-refractivity contribution in [3.63, 3.8) is 0 Å². The van der Waals surface area contributed by atoms with E-state index >= 15 is 0 Å². The van der Waals surface area contributed by atoms with Gasteiger partial charge in [-0.15, -0.1) is 24.0 Å². The second kappa shape index (κ2) is 10.3. The third-order valence-electron chi connectivity index (χ3n) is 5.00. The normalized spacial score (nSPS) is 17.8. The third-order valence-corrected chi connectivity index (χ3v) is 5.00. The van der Waals surface area contributed by atoms with Gasteiger partial charge in [-0.1, -0.05) is 12.1 Å². The number of aliphatic imine (C=N–C) groups is 1. The number of nitrogens with zero attached hydrogens (tertiary/aromatic N) is 4. The Morgan fingerprint density at radius 2 is 1.67 bits per heavy atom. The second-order valence-corrected chi connectivity index (χ2v) is 8.44. The minimum atomic E-state index is -0.494. The van der Waals surface area contributed by atoms with Crippen molar-refractivity contribution in [2.75, 3.05) is 37.6 Å². The Kier molecular flexibility index (Phi) is 8.34. The van der Waals surface area contributed by atoms with Gasteiger partial charge in [0.25, 0.3) is 0 Å². The monoisotopic (exact) mass is 529 g/mol. The highest BCUT2D eigenvalue weighted by atomic mass is 127. The van der Waals surface area contributed by atoms with Gasteiger partial charge >= 0.3 is 6.09 Å². The van der Waals surface area contributed by atoms with E-state index in [1.54, 1.807) is 4.90 Å². The largest absolute Gasteiger partial charge is 0.444 e. The van der Waals surface area contributed by atoms with Gasteiger partial charge in [-0.05, 0) is 44.9 Å². The number of rotatable bonds is 3. The number of anilines is 1. The van der Waals surface area contributed by atoms with Gasteiger partial charge in [0.2, 0.25) is 5.91 Å². The SMILES string of the molecule is CC(C)(C)OC(=O)N1CCN(C(N)=NCc2ccc(N3CCCC3=O)cc2)CC1.I. The number of halogens is 1. The van der Waals surface area contributed by atoms with Crippen molar-refractivity contribution in [2.45, 2.75) is 45.8 Å². The molecule has 2 aliphatic heterocycles. The summed E-state index contributed by atoms with van der Waals surface area (Å²) < 4.78 is 5.41. The van der Waals surface area contributed by atoms with Crippen LogP contribution in [0.5, 0.6) is 0 Å². The molecule has 30 heavy (non-hydrogen) atoms. The summed E-state index contributed by atoms with van der Waals surface area (Å²) >= 11 is 0. The molecule has 8 nitrogen and oxygen atoms in total. The molecule has 0 bridgehead atoms. The summed E-state index contributed by atoms with van der Waals surface area (Å²) in [4.78, 5) is 34.0. The van der Waals surface area contributed by atoms with E-state index in [-0.39, 0.29) is 36.0 Å². The summed E-state index contributed by atoms with van der Waals surface area (Å²) in [6.07, 6.45) is 1.26. The van der Waals surface area contributed by atoms with Gasteiger partial charge in [0, 0.05) is 44.8 Å². The lowest BCUT2D eigenvalue weighted by Crippen LogP contribution is -2.53. The number of piperazine rings is 1.